The summed E-state index contributed by atoms with van der Waals surface area (Å²) in [5.74, 6) is 0.513. The first-order chi connectivity index (χ1) is 9.21. The van der Waals surface area contributed by atoms with E-state index in [2.05, 4.69) is 30.6 Å². The highest BCUT2D eigenvalue weighted by molar-refractivity contribution is 5.83. The molecule has 0 amide bonds. The van der Waals surface area contributed by atoms with Gasteiger partial charge in [-0.1, -0.05) is 20.8 Å². The summed E-state index contributed by atoms with van der Waals surface area (Å²) in [5.41, 5.74) is 0. The summed E-state index contributed by atoms with van der Waals surface area (Å²) in [6.07, 6.45) is 2.06. The first-order valence-corrected chi connectivity index (χ1v) is 7.76. The number of carbonyl (C=O) groups excluding carboxylic acids is 1. The van der Waals surface area contributed by atoms with E-state index < -0.39 is 0 Å². The van der Waals surface area contributed by atoms with E-state index in [0.29, 0.717) is 18.9 Å². The number of likely N-dealkylation sites (N-methyl/N-ethyl adjacent to an activating group) is 1. The van der Waals surface area contributed by atoms with Gasteiger partial charge in [-0.05, 0) is 45.6 Å². The fourth-order valence-electron chi connectivity index (χ4n) is 2.54. The summed E-state index contributed by atoms with van der Waals surface area (Å²) in [6.45, 7) is 13.9. The quantitative estimate of drug-likeness (QED) is 0.604. The molecular weight excluding hydrogens is 240 g/mol. The highest BCUT2D eigenvalue weighted by atomic mass is 16.5. The van der Waals surface area contributed by atoms with Gasteiger partial charge >= 0.3 is 0 Å². The molecular formula is C15H30N2O2. The average molecular weight is 270 g/mol. The molecule has 0 saturated carbocycles. The normalized spacial score (nSPS) is 19.5. The predicted molar refractivity (Wildman–Crippen MR) is 78.5 cm³/mol. The molecule has 0 spiro atoms. The molecule has 1 fully saturated rings. The average Bonchev–Trinajstić information content (AvgIpc) is 2.96. The number of rotatable bonds is 10. The van der Waals surface area contributed by atoms with Crippen molar-refractivity contribution in [2.45, 2.75) is 33.6 Å². The van der Waals surface area contributed by atoms with E-state index in [-0.39, 0.29) is 5.92 Å². The van der Waals surface area contributed by atoms with Crippen molar-refractivity contribution in [1.82, 2.24) is 9.80 Å². The maximum absolute atomic E-state index is 12.1. The minimum absolute atomic E-state index is 0.150. The lowest BCUT2D eigenvalue weighted by Crippen LogP contribution is -2.35. The summed E-state index contributed by atoms with van der Waals surface area (Å²) >= 11 is 0. The molecule has 0 aromatic carbocycles. The van der Waals surface area contributed by atoms with Gasteiger partial charge in [-0.25, -0.2) is 0 Å². The summed E-state index contributed by atoms with van der Waals surface area (Å²) in [5, 5.41) is 0. The van der Waals surface area contributed by atoms with E-state index >= 15 is 0 Å². The second-order valence-corrected chi connectivity index (χ2v) is 5.28. The lowest BCUT2D eigenvalue weighted by atomic mass is 10.0. The molecule has 0 radical (unpaired) electrons. The van der Waals surface area contributed by atoms with Crippen LogP contribution in [0.15, 0.2) is 0 Å². The van der Waals surface area contributed by atoms with Crippen molar-refractivity contribution in [3.8, 4) is 0 Å². The fourth-order valence-corrected chi connectivity index (χ4v) is 2.54. The second-order valence-electron chi connectivity index (χ2n) is 5.28. The third-order valence-electron chi connectivity index (χ3n) is 4.05. The molecule has 1 aliphatic rings. The number of Topliss-reactive ketones (excluding diaryl/α,β-unsaturated/α-hetero) is 1. The van der Waals surface area contributed by atoms with Crippen LogP contribution in [0.25, 0.3) is 0 Å². The Bertz CT molecular complexity index is 249. The number of hydrogen-bond acceptors (Lipinski definition) is 4. The van der Waals surface area contributed by atoms with Crippen LogP contribution in [0.3, 0.4) is 0 Å². The minimum Gasteiger partial charge on any atom is -0.381 e. The van der Waals surface area contributed by atoms with E-state index in [1.54, 1.807) is 0 Å². The Balaban J connectivity index is 2.23. The van der Waals surface area contributed by atoms with E-state index in [1.807, 2.05) is 0 Å². The van der Waals surface area contributed by atoms with Crippen molar-refractivity contribution in [3.05, 3.63) is 0 Å². The zero-order valence-corrected chi connectivity index (χ0v) is 12.9. The molecule has 1 unspecified atom stereocenters. The van der Waals surface area contributed by atoms with Crippen LogP contribution in [-0.4, -0.2) is 68.1 Å². The van der Waals surface area contributed by atoms with Gasteiger partial charge in [0.2, 0.25) is 0 Å². The van der Waals surface area contributed by atoms with Gasteiger partial charge in [0.05, 0.1) is 13.2 Å². The van der Waals surface area contributed by atoms with Crippen molar-refractivity contribution < 1.29 is 9.53 Å². The first-order valence-electron chi connectivity index (χ1n) is 7.76. The van der Waals surface area contributed by atoms with Crippen LogP contribution in [0.5, 0.6) is 0 Å². The van der Waals surface area contributed by atoms with Gasteiger partial charge in [-0.3, -0.25) is 9.69 Å². The van der Waals surface area contributed by atoms with Gasteiger partial charge in [-0.15, -0.1) is 0 Å². The molecule has 0 N–H and O–H groups in total. The molecule has 1 heterocycles. The van der Waals surface area contributed by atoms with Crippen LogP contribution in [0.2, 0.25) is 0 Å². The highest BCUT2D eigenvalue weighted by Crippen LogP contribution is 2.14. The molecule has 0 aromatic rings. The highest BCUT2D eigenvalue weighted by Gasteiger charge is 2.24. The Labute approximate surface area is 118 Å². The Kier molecular flexibility index (Phi) is 8.26. The van der Waals surface area contributed by atoms with Gasteiger partial charge in [0.25, 0.3) is 0 Å². The molecule has 1 rings (SSSR count). The minimum atomic E-state index is 0.150. The van der Waals surface area contributed by atoms with Crippen molar-refractivity contribution >= 4 is 5.78 Å². The van der Waals surface area contributed by atoms with Crippen molar-refractivity contribution in [2.24, 2.45) is 5.92 Å². The van der Waals surface area contributed by atoms with Gasteiger partial charge in [0.15, 0.2) is 5.78 Å². The topological polar surface area (TPSA) is 32.8 Å². The van der Waals surface area contributed by atoms with E-state index in [1.165, 1.54) is 0 Å². The molecule has 19 heavy (non-hydrogen) atoms. The monoisotopic (exact) mass is 270 g/mol. The number of nitrogens with zero attached hydrogens (tertiary/aromatic N) is 2. The van der Waals surface area contributed by atoms with Gasteiger partial charge in [0.1, 0.15) is 0 Å². The summed E-state index contributed by atoms with van der Waals surface area (Å²) in [7, 11) is 0. The predicted octanol–water partition coefficient (Wildman–Crippen LogP) is 1.65. The molecule has 4 nitrogen and oxygen atoms in total. The molecule has 1 atom stereocenters. The molecule has 112 valence electrons. The molecule has 0 bridgehead atoms. The third-order valence-corrected chi connectivity index (χ3v) is 4.05. The maximum atomic E-state index is 12.1. The van der Waals surface area contributed by atoms with E-state index in [0.717, 1.165) is 52.2 Å². The summed E-state index contributed by atoms with van der Waals surface area (Å²) < 4.78 is 5.29. The number of ether oxygens (including phenoxy) is 1. The zero-order chi connectivity index (χ0) is 14.1. The lowest BCUT2D eigenvalue weighted by molar-refractivity contribution is -0.124. The Morgan fingerprint density at radius 3 is 2.26 bits per heavy atom. The number of ketones is 1. The van der Waals surface area contributed by atoms with Crippen molar-refractivity contribution in [2.75, 3.05) is 52.5 Å². The van der Waals surface area contributed by atoms with Gasteiger partial charge in [-0.2, -0.15) is 0 Å². The van der Waals surface area contributed by atoms with E-state index in [9.17, 15) is 4.79 Å². The van der Waals surface area contributed by atoms with Crippen LogP contribution in [0.4, 0.5) is 0 Å². The lowest BCUT2D eigenvalue weighted by Gasteiger charge is -2.23. The van der Waals surface area contributed by atoms with Crippen LogP contribution in [0, 0.1) is 5.92 Å². The second kappa shape index (κ2) is 9.45. The smallest absolute Gasteiger partial charge is 0.152 e. The van der Waals surface area contributed by atoms with Gasteiger partial charge < -0.3 is 9.64 Å². The zero-order valence-electron chi connectivity index (χ0n) is 12.9. The van der Waals surface area contributed by atoms with Crippen LogP contribution >= 0.6 is 0 Å². The Hall–Kier alpha value is -0.450. The maximum Gasteiger partial charge on any atom is 0.152 e. The standard InChI is InChI=1S/C15H30N2O2/c1-4-16(5-2)9-7-10-17(6-3)12-15(18)14-8-11-19-13-14/h14H,4-13H2,1-3H3. The van der Waals surface area contributed by atoms with Crippen LogP contribution < -0.4 is 0 Å². The van der Waals surface area contributed by atoms with Crippen molar-refractivity contribution in [1.29, 1.82) is 0 Å². The Morgan fingerprint density at radius 2 is 1.74 bits per heavy atom. The Morgan fingerprint density at radius 1 is 1.11 bits per heavy atom. The van der Waals surface area contributed by atoms with Gasteiger partial charge in [0, 0.05) is 12.5 Å². The molecule has 1 aliphatic heterocycles. The fraction of sp³-hybridized carbons (Fsp3) is 0.933. The first kappa shape index (κ1) is 16.6. The molecule has 0 aliphatic carbocycles. The SMILES string of the molecule is CCN(CC)CCCN(CC)CC(=O)C1CCOC1. The number of hydrogen-bond donors (Lipinski definition) is 0. The molecule has 0 aromatic heterocycles. The van der Waals surface area contributed by atoms with Crippen LogP contribution in [0.1, 0.15) is 33.6 Å². The number of carbonyl (C=O) groups is 1. The third kappa shape index (κ3) is 6.02. The largest absolute Gasteiger partial charge is 0.381 e. The summed E-state index contributed by atoms with van der Waals surface area (Å²) in [6, 6.07) is 0. The van der Waals surface area contributed by atoms with E-state index in [4.69, 9.17) is 4.74 Å². The summed E-state index contributed by atoms with van der Waals surface area (Å²) in [4.78, 5) is 16.8. The molecule has 4 heteroatoms. The molecule has 1 saturated heterocycles. The van der Waals surface area contributed by atoms with Crippen molar-refractivity contribution in [3.63, 3.8) is 0 Å². The van der Waals surface area contributed by atoms with Crippen LogP contribution in [-0.2, 0) is 9.53 Å².